The van der Waals surface area contributed by atoms with E-state index in [1.54, 1.807) is 13.8 Å². The molecule has 1 unspecified atom stereocenters. The topological polar surface area (TPSA) is 46.2 Å². The molecule has 0 saturated carbocycles. The van der Waals surface area contributed by atoms with Gasteiger partial charge < -0.3 is 10.8 Å². The van der Waals surface area contributed by atoms with Gasteiger partial charge in [0.2, 0.25) is 0 Å². The van der Waals surface area contributed by atoms with E-state index in [0.717, 1.165) is 6.07 Å². The van der Waals surface area contributed by atoms with Crippen molar-refractivity contribution < 1.29 is 13.9 Å². The lowest BCUT2D eigenvalue weighted by Crippen LogP contribution is -2.16. The van der Waals surface area contributed by atoms with Crippen molar-refractivity contribution in [1.29, 1.82) is 0 Å². The summed E-state index contributed by atoms with van der Waals surface area (Å²) in [5, 5.41) is 9.39. The minimum absolute atomic E-state index is 0.0608. The Kier molecular flexibility index (Phi) is 3.77. The van der Waals surface area contributed by atoms with E-state index in [-0.39, 0.29) is 18.0 Å². The Balaban J connectivity index is 3.30. The molecular weight excluding hydrogens is 200 g/mol. The second kappa shape index (κ2) is 4.68. The molecule has 0 aliphatic heterocycles. The molecule has 15 heavy (non-hydrogen) atoms. The van der Waals surface area contributed by atoms with Gasteiger partial charge in [0.1, 0.15) is 11.6 Å². The van der Waals surface area contributed by atoms with E-state index in [1.807, 2.05) is 0 Å². The van der Waals surface area contributed by atoms with E-state index in [1.165, 1.54) is 6.07 Å². The lowest BCUT2D eigenvalue weighted by atomic mass is 9.97. The Labute approximate surface area is 87.7 Å². The van der Waals surface area contributed by atoms with Crippen molar-refractivity contribution in [1.82, 2.24) is 0 Å². The lowest BCUT2D eigenvalue weighted by molar-refractivity contribution is 0.176. The molecule has 4 heteroatoms. The molecule has 0 aliphatic carbocycles. The summed E-state index contributed by atoms with van der Waals surface area (Å²) in [6.45, 7) is 3.40. The maximum Gasteiger partial charge on any atom is 0.135 e. The zero-order chi connectivity index (χ0) is 11.6. The van der Waals surface area contributed by atoms with Crippen molar-refractivity contribution >= 4 is 0 Å². The normalized spacial score (nSPS) is 13.3. The number of nitrogens with two attached hydrogens (primary N) is 1. The molecule has 2 nitrogen and oxygen atoms in total. The van der Waals surface area contributed by atoms with Crippen molar-refractivity contribution in [3.63, 3.8) is 0 Å². The summed E-state index contributed by atoms with van der Waals surface area (Å²) in [5.41, 5.74) is 5.24. The first-order chi connectivity index (χ1) is 6.99. The van der Waals surface area contributed by atoms with E-state index < -0.39 is 17.7 Å². The molecule has 84 valence electrons. The summed E-state index contributed by atoms with van der Waals surface area (Å²) in [6.07, 6.45) is -1.29. The highest BCUT2D eigenvalue weighted by Gasteiger charge is 2.20. The smallest absolute Gasteiger partial charge is 0.135 e. The van der Waals surface area contributed by atoms with Gasteiger partial charge in [-0.1, -0.05) is 19.9 Å². The standard InChI is InChI=1S/C11H15F2NO/c1-6(2)7-3-4-8(12)10(11(7)13)9(15)5-14/h3-4,6,9,15H,5,14H2,1-2H3. The fourth-order valence-corrected chi connectivity index (χ4v) is 1.46. The molecule has 3 N–H and O–H groups in total. The number of hydrogen-bond donors (Lipinski definition) is 2. The van der Waals surface area contributed by atoms with Crippen LogP contribution in [-0.4, -0.2) is 11.7 Å². The molecule has 0 aromatic heterocycles. The van der Waals surface area contributed by atoms with Crippen LogP contribution in [-0.2, 0) is 0 Å². The largest absolute Gasteiger partial charge is 0.387 e. The Morgan fingerprint density at radius 1 is 1.33 bits per heavy atom. The summed E-state index contributed by atoms with van der Waals surface area (Å²) in [4.78, 5) is 0. The molecule has 0 fully saturated rings. The van der Waals surface area contributed by atoms with Crippen LogP contribution in [0.5, 0.6) is 0 Å². The molecular formula is C11H15F2NO. The van der Waals surface area contributed by atoms with Gasteiger partial charge in [0, 0.05) is 6.54 Å². The predicted octanol–water partition coefficient (Wildman–Crippen LogP) is 2.08. The van der Waals surface area contributed by atoms with Crippen LogP contribution in [0.4, 0.5) is 8.78 Å². The molecule has 0 bridgehead atoms. The Bertz CT molecular complexity index is 353. The predicted molar refractivity (Wildman–Crippen MR) is 54.5 cm³/mol. The van der Waals surface area contributed by atoms with Crippen LogP contribution >= 0.6 is 0 Å². The van der Waals surface area contributed by atoms with Gasteiger partial charge in [0.05, 0.1) is 11.7 Å². The molecule has 0 radical (unpaired) electrons. The van der Waals surface area contributed by atoms with Crippen molar-refractivity contribution in [2.24, 2.45) is 5.73 Å². The average molecular weight is 215 g/mol. The highest BCUT2D eigenvalue weighted by molar-refractivity contribution is 5.31. The van der Waals surface area contributed by atoms with Gasteiger partial charge >= 0.3 is 0 Å². The number of benzene rings is 1. The molecule has 0 aliphatic rings. The van der Waals surface area contributed by atoms with Gasteiger partial charge in [-0.15, -0.1) is 0 Å². The van der Waals surface area contributed by atoms with E-state index >= 15 is 0 Å². The number of rotatable bonds is 3. The number of halogens is 2. The Hall–Kier alpha value is -1.00. The SMILES string of the molecule is CC(C)c1ccc(F)c(C(O)CN)c1F. The molecule has 0 amide bonds. The first-order valence-electron chi connectivity index (χ1n) is 4.85. The van der Waals surface area contributed by atoms with Crippen LogP contribution in [0.2, 0.25) is 0 Å². The van der Waals surface area contributed by atoms with E-state index in [0.29, 0.717) is 5.56 Å². The minimum Gasteiger partial charge on any atom is -0.387 e. The van der Waals surface area contributed by atoms with Gasteiger partial charge in [-0.25, -0.2) is 8.78 Å². The number of aliphatic hydroxyl groups is 1. The van der Waals surface area contributed by atoms with Gasteiger partial charge in [-0.2, -0.15) is 0 Å². The quantitative estimate of drug-likeness (QED) is 0.810. The fourth-order valence-electron chi connectivity index (χ4n) is 1.46. The maximum atomic E-state index is 13.8. The second-order valence-electron chi connectivity index (χ2n) is 3.77. The summed E-state index contributed by atoms with van der Waals surface area (Å²) in [5.74, 6) is -1.51. The zero-order valence-electron chi connectivity index (χ0n) is 8.80. The van der Waals surface area contributed by atoms with Crippen LogP contribution in [0.15, 0.2) is 12.1 Å². The first-order valence-corrected chi connectivity index (χ1v) is 4.85. The summed E-state index contributed by atoms with van der Waals surface area (Å²) < 4.78 is 27.0. The fraction of sp³-hybridized carbons (Fsp3) is 0.455. The maximum absolute atomic E-state index is 13.8. The second-order valence-corrected chi connectivity index (χ2v) is 3.77. The van der Waals surface area contributed by atoms with Crippen LogP contribution in [0.3, 0.4) is 0 Å². The minimum atomic E-state index is -1.29. The van der Waals surface area contributed by atoms with Crippen LogP contribution < -0.4 is 5.73 Å². The summed E-state index contributed by atoms with van der Waals surface area (Å²) in [6, 6.07) is 2.55. The average Bonchev–Trinajstić information content (AvgIpc) is 2.16. The van der Waals surface area contributed by atoms with Crippen molar-refractivity contribution in [2.45, 2.75) is 25.9 Å². The first kappa shape index (κ1) is 12.1. The van der Waals surface area contributed by atoms with Crippen molar-refractivity contribution in [2.75, 3.05) is 6.54 Å². The molecule has 0 heterocycles. The van der Waals surface area contributed by atoms with Gasteiger partial charge in [0.25, 0.3) is 0 Å². The third-order valence-corrected chi connectivity index (χ3v) is 2.33. The molecule has 0 saturated heterocycles. The molecule has 1 atom stereocenters. The van der Waals surface area contributed by atoms with Crippen molar-refractivity contribution in [3.05, 3.63) is 34.9 Å². The van der Waals surface area contributed by atoms with E-state index in [9.17, 15) is 13.9 Å². The summed E-state index contributed by atoms with van der Waals surface area (Å²) in [7, 11) is 0. The lowest BCUT2D eigenvalue weighted by Gasteiger charge is -2.15. The highest BCUT2D eigenvalue weighted by atomic mass is 19.1. The van der Waals surface area contributed by atoms with Gasteiger partial charge in [0.15, 0.2) is 0 Å². The molecule has 1 rings (SSSR count). The van der Waals surface area contributed by atoms with Crippen molar-refractivity contribution in [3.8, 4) is 0 Å². The molecule has 1 aromatic rings. The van der Waals surface area contributed by atoms with Crippen LogP contribution in [0.25, 0.3) is 0 Å². The third kappa shape index (κ3) is 2.33. The Morgan fingerprint density at radius 3 is 2.40 bits per heavy atom. The van der Waals surface area contributed by atoms with E-state index in [2.05, 4.69) is 0 Å². The number of aliphatic hydroxyl groups excluding tert-OH is 1. The molecule has 0 spiro atoms. The van der Waals surface area contributed by atoms with Crippen LogP contribution in [0.1, 0.15) is 37.0 Å². The van der Waals surface area contributed by atoms with Gasteiger partial charge in [-0.05, 0) is 17.5 Å². The third-order valence-electron chi connectivity index (χ3n) is 2.33. The number of hydrogen-bond acceptors (Lipinski definition) is 2. The van der Waals surface area contributed by atoms with E-state index in [4.69, 9.17) is 5.73 Å². The zero-order valence-corrected chi connectivity index (χ0v) is 8.80. The van der Waals surface area contributed by atoms with Crippen LogP contribution in [0, 0.1) is 11.6 Å². The summed E-state index contributed by atoms with van der Waals surface area (Å²) >= 11 is 0. The van der Waals surface area contributed by atoms with Gasteiger partial charge in [-0.3, -0.25) is 0 Å². The Morgan fingerprint density at radius 2 is 1.93 bits per heavy atom. The highest BCUT2D eigenvalue weighted by Crippen LogP contribution is 2.27. The molecule has 1 aromatic carbocycles. The monoisotopic (exact) mass is 215 g/mol.